The van der Waals surface area contributed by atoms with Crippen LogP contribution in [0.25, 0.3) is 16.2 Å². The number of hydrogen-bond donors (Lipinski definition) is 1. The van der Waals surface area contributed by atoms with E-state index in [0.29, 0.717) is 20.6 Å². The van der Waals surface area contributed by atoms with Gasteiger partial charge in [-0.1, -0.05) is 35.3 Å². The maximum absolute atomic E-state index is 12.9. The first kappa shape index (κ1) is 17.9. The lowest BCUT2D eigenvalue weighted by molar-refractivity contribution is -0.115. The zero-order valence-electron chi connectivity index (χ0n) is 13.6. The molecular weight excluding hydrogens is 410 g/mol. The molecule has 0 spiro atoms. The molecule has 5 nitrogen and oxygen atoms in total. The third-order valence-corrected chi connectivity index (χ3v) is 5.18. The number of carbonyl (C=O) groups excluding carboxylic acids is 1. The van der Waals surface area contributed by atoms with Crippen LogP contribution < -0.4 is 5.32 Å². The molecule has 136 valence electrons. The van der Waals surface area contributed by atoms with Crippen LogP contribution in [-0.4, -0.2) is 20.5 Å². The molecule has 0 saturated heterocycles. The summed E-state index contributed by atoms with van der Waals surface area (Å²) in [6.07, 6.45) is 0.100. The van der Waals surface area contributed by atoms with Gasteiger partial charge in [-0.2, -0.15) is 4.98 Å². The van der Waals surface area contributed by atoms with Crippen LogP contribution in [0.5, 0.6) is 0 Å². The lowest BCUT2D eigenvalue weighted by atomic mass is 10.1. The Bertz CT molecular complexity index is 1140. The predicted molar refractivity (Wildman–Crippen MR) is 105 cm³/mol. The van der Waals surface area contributed by atoms with Crippen molar-refractivity contribution in [2.24, 2.45) is 0 Å². The van der Waals surface area contributed by atoms with Crippen LogP contribution >= 0.6 is 34.5 Å². The van der Waals surface area contributed by atoms with Crippen molar-refractivity contribution < 1.29 is 9.18 Å². The van der Waals surface area contributed by atoms with Gasteiger partial charge in [0.05, 0.1) is 17.1 Å². The second-order valence-electron chi connectivity index (χ2n) is 5.73. The van der Waals surface area contributed by atoms with Gasteiger partial charge in [-0.3, -0.25) is 10.1 Å². The number of nitrogens with zero attached hydrogens (tertiary/aromatic N) is 3. The van der Waals surface area contributed by atoms with E-state index in [0.717, 1.165) is 11.3 Å². The summed E-state index contributed by atoms with van der Waals surface area (Å²) in [5.74, 6) is -0.435. The number of carbonyl (C=O) groups is 1. The Hall–Kier alpha value is -2.48. The summed E-state index contributed by atoms with van der Waals surface area (Å²) in [6.45, 7) is 0. The molecule has 0 unspecified atom stereocenters. The average Bonchev–Trinajstić information content (AvgIpc) is 3.17. The smallest absolute Gasteiger partial charge is 0.250 e. The summed E-state index contributed by atoms with van der Waals surface area (Å²) in [4.78, 5) is 17.1. The fourth-order valence-electron chi connectivity index (χ4n) is 2.57. The van der Waals surface area contributed by atoms with Gasteiger partial charge in [-0.15, -0.1) is 16.4 Å². The molecule has 2 heterocycles. The molecule has 1 N–H and O–H groups in total. The number of anilines is 1. The van der Waals surface area contributed by atoms with Crippen LogP contribution in [0, 0.1) is 5.82 Å². The SMILES string of the molecule is O=C(Cc1ccc(F)cc1)Nc1nc2scc(-c3ccc(Cl)cc3Cl)n2n1. The first-order valence-electron chi connectivity index (χ1n) is 7.83. The van der Waals surface area contributed by atoms with Crippen molar-refractivity contribution >= 4 is 51.4 Å². The fraction of sp³-hybridized carbons (Fsp3) is 0.0556. The number of hydrogen-bond acceptors (Lipinski definition) is 4. The van der Waals surface area contributed by atoms with E-state index >= 15 is 0 Å². The summed E-state index contributed by atoms with van der Waals surface area (Å²) >= 11 is 13.6. The molecule has 27 heavy (non-hydrogen) atoms. The molecule has 0 fully saturated rings. The molecule has 0 aliphatic rings. The molecule has 4 aromatic rings. The highest BCUT2D eigenvalue weighted by Crippen LogP contribution is 2.33. The van der Waals surface area contributed by atoms with E-state index in [2.05, 4.69) is 15.4 Å². The highest BCUT2D eigenvalue weighted by molar-refractivity contribution is 7.15. The van der Waals surface area contributed by atoms with E-state index in [1.807, 2.05) is 5.38 Å². The first-order valence-corrected chi connectivity index (χ1v) is 9.47. The summed E-state index contributed by atoms with van der Waals surface area (Å²) in [5, 5.41) is 9.93. The van der Waals surface area contributed by atoms with E-state index < -0.39 is 0 Å². The number of aromatic nitrogens is 3. The minimum absolute atomic E-state index is 0.100. The van der Waals surface area contributed by atoms with Crippen LogP contribution in [0.4, 0.5) is 10.3 Å². The topological polar surface area (TPSA) is 59.3 Å². The Morgan fingerprint density at radius 1 is 1.19 bits per heavy atom. The van der Waals surface area contributed by atoms with E-state index in [1.54, 1.807) is 34.8 Å². The Labute approximate surface area is 167 Å². The van der Waals surface area contributed by atoms with Gasteiger partial charge in [-0.25, -0.2) is 8.91 Å². The van der Waals surface area contributed by atoms with Crippen LogP contribution in [-0.2, 0) is 11.2 Å². The number of nitrogens with one attached hydrogen (secondary N) is 1. The van der Waals surface area contributed by atoms with Gasteiger partial charge in [0.25, 0.3) is 0 Å². The van der Waals surface area contributed by atoms with Gasteiger partial charge in [-0.05, 0) is 35.9 Å². The Balaban J connectivity index is 1.56. The van der Waals surface area contributed by atoms with Gasteiger partial charge in [0.2, 0.25) is 16.8 Å². The lowest BCUT2D eigenvalue weighted by Gasteiger charge is -2.03. The molecule has 2 aromatic heterocycles. The fourth-order valence-corrected chi connectivity index (χ4v) is 3.90. The third-order valence-electron chi connectivity index (χ3n) is 3.82. The third kappa shape index (κ3) is 3.80. The van der Waals surface area contributed by atoms with Crippen molar-refractivity contribution in [1.82, 2.24) is 14.6 Å². The first-order chi connectivity index (χ1) is 13.0. The van der Waals surface area contributed by atoms with Gasteiger partial charge in [0.15, 0.2) is 0 Å². The largest absolute Gasteiger partial charge is 0.293 e. The Morgan fingerprint density at radius 2 is 1.96 bits per heavy atom. The lowest BCUT2D eigenvalue weighted by Crippen LogP contribution is -2.15. The molecule has 0 atom stereocenters. The number of fused-ring (bicyclic) bond motifs is 1. The van der Waals surface area contributed by atoms with Gasteiger partial charge < -0.3 is 0 Å². The molecule has 2 aromatic carbocycles. The number of halogens is 3. The van der Waals surface area contributed by atoms with Crippen molar-refractivity contribution in [2.75, 3.05) is 5.32 Å². The van der Waals surface area contributed by atoms with Gasteiger partial charge in [0.1, 0.15) is 5.82 Å². The normalized spacial score (nSPS) is 11.1. The summed E-state index contributed by atoms with van der Waals surface area (Å²) in [7, 11) is 0. The maximum Gasteiger partial charge on any atom is 0.250 e. The molecule has 0 radical (unpaired) electrons. The minimum Gasteiger partial charge on any atom is -0.293 e. The second-order valence-corrected chi connectivity index (χ2v) is 7.41. The van der Waals surface area contributed by atoms with Crippen LogP contribution in [0.3, 0.4) is 0 Å². The summed E-state index contributed by atoms with van der Waals surface area (Å²) in [6, 6.07) is 11.0. The summed E-state index contributed by atoms with van der Waals surface area (Å²) in [5.41, 5.74) is 2.22. The molecular formula is C18H11Cl2FN4OS. The molecule has 0 aliphatic carbocycles. The predicted octanol–water partition coefficient (Wildman–Crippen LogP) is 5.08. The zero-order valence-corrected chi connectivity index (χ0v) is 15.9. The van der Waals surface area contributed by atoms with E-state index in [-0.39, 0.29) is 24.1 Å². The van der Waals surface area contributed by atoms with Crippen LogP contribution in [0.1, 0.15) is 5.56 Å². The van der Waals surface area contributed by atoms with Gasteiger partial charge >= 0.3 is 0 Å². The monoisotopic (exact) mass is 420 g/mol. The number of rotatable bonds is 4. The number of benzene rings is 2. The van der Waals surface area contributed by atoms with E-state index in [1.165, 1.54) is 23.5 Å². The van der Waals surface area contributed by atoms with Crippen molar-refractivity contribution in [3.8, 4) is 11.3 Å². The standard InChI is InChI=1S/C18H11Cl2FN4OS/c19-11-3-6-13(14(20)8-11)15-9-27-18-23-17(24-25(15)18)22-16(26)7-10-1-4-12(21)5-2-10/h1-6,8-9H,7H2,(H,22,24,26). The highest BCUT2D eigenvalue weighted by Gasteiger charge is 2.15. The molecule has 4 rings (SSSR count). The molecule has 0 bridgehead atoms. The molecule has 0 saturated carbocycles. The van der Waals surface area contributed by atoms with E-state index in [4.69, 9.17) is 23.2 Å². The number of thiazole rings is 1. The zero-order chi connectivity index (χ0) is 19.0. The highest BCUT2D eigenvalue weighted by atomic mass is 35.5. The summed E-state index contributed by atoms with van der Waals surface area (Å²) < 4.78 is 14.6. The molecule has 0 aliphatic heterocycles. The molecule has 9 heteroatoms. The second kappa shape index (κ2) is 7.26. The minimum atomic E-state index is -0.344. The van der Waals surface area contributed by atoms with Crippen molar-refractivity contribution in [3.63, 3.8) is 0 Å². The Kier molecular flexibility index (Phi) is 4.82. The molecule has 1 amide bonds. The quantitative estimate of drug-likeness (QED) is 0.500. The van der Waals surface area contributed by atoms with Crippen molar-refractivity contribution in [1.29, 1.82) is 0 Å². The maximum atomic E-state index is 12.9. The van der Waals surface area contributed by atoms with Crippen LogP contribution in [0.2, 0.25) is 10.0 Å². The van der Waals surface area contributed by atoms with Crippen molar-refractivity contribution in [2.45, 2.75) is 6.42 Å². The van der Waals surface area contributed by atoms with Crippen molar-refractivity contribution in [3.05, 3.63) is 69.3 Å². The van der Waals surface area contributed by atoms with E-state index in [9.17, 15) is 9.18 Å². The number of amides is 1. The van der Waals surface area contributed by atoms with Crippen LogP contribution in [0.15, 0.2) is 47.8 Å². The Morgan fingerprint density at radius 3 is 2.70 bits per heavy atom. The average molecular weight is 421 g/mol. The van der Waals surface area contributed by atoms with Gasteiger partial charge in [0, 0.05) is 16.0 Å².